The predicted octanol–water partition coefficient (Wildman–Crippen LogP) is 2.80. The number of hydrogen-bond acceptors (Lipinski definition) is 4. The fourth-order valence-electron chi connectivity index (χ4n) is 1.84. The Balaban J connectivity index is 1.86. The molecule has 0 saturated carbocycles. The monoisotopic (exact) mass is 301 g/mol. The fraction of sp³-hybridized carbons (Fsp3) is 0.188. The molecule has 0 N–H and O–H groups in total. The number of nitriles is 1. The van der Waals surface area contributed by atoms with E-state index in [1.807, 2.05) is 6.07 Å². The van der Waals surface area contributed by atoms with Crippen LogP contribution in [0.3, 0.4) is 0 Å². The molecular formula is C16H15NO3S. The molecule has 0 aliphatic rings. The summed E-state index contributed by atoms with van der Waals surface area (Å²) >= 11 is 0. The van der Waals surface area contributed by atoms with Crippen molar-refractivity contribution < 1.29 is 13.2 Å². The van der Waals surface area contributed by atoms with Gasteiger partial charge in [-0.1, -0.05) is 24.3 Å². The second-order valence-corrected chi connectivity index (χ2v) is 6.58. The van der Waals surface area contributed by atoms with Crippen LogP contribution in [-0.2, 0) is 9.84 Å². The third-order valence-corrected chi connectivity index (χ3v) is 4.71. The summed E-state index contributed by atoms with van der Waals surface area (Å²) in [7, 11) is -3.26. The molecule has 0 amide bonds. The molecule has 2 aromatic carbocycles. The topological polar surface area (TPSA) is 67.2 Å². The lowest BCUT2D eigenvalue weighted by Crippen LogP contribution is -2.10. The van der Waals surface area contributed by atoms with Gasteiger partial charge in [0.15, 0.2) is 9.84 Å². The van der Waals surface area contributed by atoms with E-state index in [1.54, 1.807) is 54.6 Å². The molecule has 0 unspecified atom stereocenters. The van der Waals surface area contributed by atoms with Crippen molar-refractivity contribution in [3.8, 4) is 11.8 Å². The van der Waals surface area contributed by atoms with Gasteiger partial charge in [-0.05, 0) is 36.8 Å². The predicted molar refractivity (Wildman–Crippen MR) is 79.8 cm³/mol. The van der Waals surface area contributed by atoms with Crippen LogP contribution in [0.25, 0.3) is 0 Å². The Kier molecular flexibility index (Phi) is 4.96. The van der Waals surface area contributed by atoms with Crippen LogP contribution in [0.5, 0.6) is 5.75 Å². The summed E-state index contributed by atoms with van der Waals surface area (Å²) in [4.78, 5) is 0.330. The molecular weight excluding hydrogens is 286 g/mol. The maximum absolute atomic E-state index is 12.0. The van der Waals surface area contributed by atoms with Crippen LogP contribution in [0.4, 0.5) is 0 Å². The number of rotatable bonds is 6. The molecule has 0 aliphatic heterocycles. The first-order valence-corrected chi connectivity index (χ1v) is 8.18. The summed E-state index contributed by atoms with van der Waals surface area (Å²) in [5, 5.41) is 8.78. The Morgan fingerprint density at radius 3 is 2.52 bits per heavy atom. The van der Waals surface area contributed by atoms with Crippen molar-refractivity contribution in [2.45, 2.75) is 11.3 Å². The molecule has 5 heteroatoms. The molecule has 0 aliphatic carbocycles. The summed E-state index contributed by atoms with van der Waals surface area (Å²) in [6.45, 7) is 0.293. The van der Waals surface area contributed by atoms with Gasteiger partial charge in [0.2, 0.25) is 0 Å². The first kappa shape index (κ1) is 15.1. The van der Waals surface area contributed by atoms with Crippen molar-refractivity contribution in [1.29, 1.82) is 5.26 Å². The van der Waals surface area contributed by atoms with Gasteiger partial charge in [0.25, 0.3) is 0 Å². The molecule has 0 saturated heterocycles. The van der Waals surface area contributed by atoms with E-state index in [2.05, 4.69) is 0 Å². The zero-order valence-corrected chi connectivity index (χ0v) is 12.2. The molecule has 108 valence electrons. The highest BCUT2D eigenvalue weighted by molar-refractivity contribution is 7.91. The van der Waals surface area contributed by atoms with E-state index in [9.17, 15) is 8.42 Å². The Hall–Kier alpha value is -2.32. The summed E-state index contributed by atoms with van der Waals surface area (Å²) in [6, 6.07) is 17.2. The lowest BCUT2D eigenvalue weighted by molar-refractivity contribution is 0.317. The van der Waals surface area contributed by atoms with Gasteiger partial charge in [0, 0.05) is 0 Å². The summed E-state index contributed by atoms with van der Waals surface area (Å²) < 4.78 is 29.6. The third-order valence-electron chi connectivity index (χ3n) is 2.89. The highest BCUT2D eigenvalue weighted by Crippen LogP contribution is 2.14. The van der Waals surface area contributed by atoms with Crippen LogP contribution in [-0.4, -0.2) is 20.8 Å². The number of nitrogens with zero attached hydrogens (tertiary/aromatic N) is 1. The Bertz CT molecular complexity index is 734. The Morgan fingerprint density at radius 2 is 1.81 bits per heavy atom. The zero-order chi connectivity index (χ0) is 15.1. The van der Waals surface area contributed by atoms with Gasteiger partial charge in [-0.15, -0.1) is 0 Å². The molecule has 0 atom stereocenters. The molecule has 0 aromatic heterocycles. The van der Waals surface area contributed by atoms with Crippen LogP contribution < -0.4 is 4.74 Å². The minimum absolute atomic E-state index is 0.0367. The van der Waals surface area contributed by atoms with E-state index in [0.29, 0.717) is 29.2 Å². The van der Waals surface area contributed by atoms with Crippen LogP contribution in [0.1, 0.15) is 12.0 Å². The van der Waals surface area contributed by atoms with E-state index >= 15 is 0 Å². The average molecular weight is 301 g/mol. The van der Waals surface area contributed by atoms with Gasteiger partial charge in [0.05, 0.1) is 28.9 Å². The van der Waals surface area contributed by atoms with Crippen molar-refractivity contribution in [1.82, 2.24) is 0 Å². The van der Waals surface area contributed by atoms with Crippen LogP contribution in [0, 0.1) is 11.3 Å². The Labute approximate surface area is 124 Å². The van der Waals surface area contributed by atoms with Gasteiger partial charge in [0.1, 0.15) is 5.75 Å². The Morgan fingerprint density at radius 1 is 1.05 bits per heavy atom. The van der Waals surface area contributed by atoms with Crippen molar-refractivity contribution in [3.63, 3.8) is 0 Å². The smallest absolute Gasteiger partial charge is 0.178 e. The SMILES string of the molecule is N#Cc1cccc(OCCCS(=O)(=O)c2ccccc2)c1. The lowest BCUT2D eigenvalue weighted by Gasteiger charge is -2.07. The van der Waals surface area contributed by atoms with Crippen LogP contribution in [0.15, 0.2) is 59.5 Å². The molecule has 0 fully saturated rings. The quantitative estimate of drug-likeness (QED) is 0.769. The van der Waals surface area contributed by atoms with Crippen molar-refractivity contribution in [2.75, 3.05) is 12.4 Å². The van der Waals surface area contributed by atoms with Gasteiger partial charge < -0.3 is 4.74 Å². The van der Waals surface area contributed by atoms with Crippen LogP contribution in [0.2, 0.25) is 0 Å². The minimum Gasteiger partial charge on any atom is -0.494 e. The van der Waals surface area contributed by atoms with Gasteiger partial charge in [-0.3, -0.25) is 0 Å². The molecule has 2 aromatic rings. The van der Waals surface area contributed by atoms with Crippen molar-refractivity contribution in [2.24, 2.45) is 0 Å². The molecule has 4 nitrogen and oxygen atoms in total. The average Bonchev–Trinajstić information content (AvgIpc) is 2.53. The van der Waals surface area contributed by atoms with Crippen LogP contribution >= 0.6 is 0 Å². The molecule has 0 spiro atoms. The number of benzene rings is 2. The number of ether oxygens (including phenoxy) is 1. The molecule has 0 heterocycles. The van der Waals surface area contributed by atoms with E-state index < -0.39 is 9.84 Å². The van der Waals surface area contributed by atoms with Crippen molar-refractivity contribution in [3.05, 3.63) is 60.2 Å². The van der Waals surface area contributed by atoms with E-state index in [0.717, 1.165) is 0 Å². The highest BCUT2D eigenvalue weighted by Gasteiger charge is 2.13. The van der Waals surface area contributed by atoms with E-state index in [4.69, 9.17) is 10.00 Å². The third kappa shape index (κ3) is 4.33. The fourth-order valence-corrected chi connectivity index (χ4v) is 3.15. The first-order chi connectivity index (χ1) is 10.1. The second-order valence-electron chi connectivity index (χ2n) is 4.47. The standard InChI is InChI=1S/C16H15NO3S/c17-13-14-6-4-7-15(12-14)20-10-5-11-21(18,19)16-8-2-1-3-9-16/h1-4,6-9,12H,5,10-11H2. The van der Waals surface area contributed by atoms with E-state index in [-0.39, 0.29) is 5.75 Å². The first-order valence-electron chi connectivity index (χ1n) is 6.52. The normalized spacial score (nSPS) is 10.8. The second kappa shape index (κ2) is 6.91. The van der Waals surface area contributed by atoms with Crippen molar-refractivity contribution >= 4 is 9.84 Å². The molecule has 2 rings (SSSR count). The summed E-state index contributed by atoms with van der Waals surface area (Å²) in [5.74, 6) is 0.612. The maximum atomic E-state index is 12.0. The highest BCUT2D eigenvalue weighted by atomic mass is 32.2. The number of sulfone groups is 1. The molecule has 21 heavy (non-hydrogen) atoms. The maximum Gasteiger partial charge on any atom is 0.178 e. The largest absolute Gasteiger partial charge is 0.494 e. The van der Waals surface area contributed by atoms with Gasteiger partial charge in [-0.25, -0.2) is 8.42 Å². The number of hydrogen-bond donors (Lipinski definition) is 0. The summed E-state index contributed by atoms with van der Waals surface area (Å²) in [5.41, 5.74) is 0.518. The lowest BCUT2D eigenvalue weighted by atomic mass is 10.2. The summed E-state index contributed by atoms with van der Waals surface area (Å²) in [6.07, 6.45) is 0.397. The van der Waals surface area contributed by atoms with Gasteiger partial charge in [-0.2, -0.15) is 5.26 Å². The zero-order valence-electron chi connectivity index (χ0n) is 11.4. The van der Waals surface area contributed by atoms with E-state index in [1.165, 1.54) is 0 Å². The minimum atomic E-state index is -3.26. The van der Waals surface area contributed by atoms with Gasteiger partial charge >= 0.3 is 0 Å². The molecule has 0 radical (unpaired) electrons. The molecule has 0 bridgehead atoms.